The van der Waals surface area contributed by atoms with Crippen LogP contribution in [0.5, 0.6) is 17.2 Å². The number of nitrogens with zero attached hydrogens (tertiary/aromatic N) is 1. The third-order valence-electron chi connectivity index (χ3n) is 4.58. The fourth-order valence-corrected chi connectivity index (χ4v) is 2.86. The van der Waals surface area contributed by atoms with E-state index >= 15 is 0 Å². The quantitative estimate of drug-likeness (QED) is 0.183. The van der Waals surface area contributed by atoms with Gasteiger partial charge in [-0.1, -0.05) is 12.1 Å². The van der Waals surface area contributed by atoms with E-state index in [-0.39, 0.29) is 11.5 Å². The van der Waals surface area contributed by atoms with Crippen LogP contribution in [0.2, 0.25) is 0 Å². The number of rotatable bonds is 7. The van der Waals surface area contributed by atoms with Gasteiger partial charge in [0, 0.05) is 5.69 Å². The zero-order valence-corrected chi connectivity index (χ0v) is 18.8. The van der Waals surface area contributed by atoms with Crippen molar-refractivity contribution in [1.82, 2.24) is 5.43 Å². The summed E-state index contributed by atoms with van der Waals surface area (Å²) in [6.07, 6.45) is 1.33. The van der Waals surface area contributed by atoms with Gasteiger partial charge in [-0.3, -0.25) is 9.59 Å². The average Bonchev–Trinajstić information content (AvgIpc) is 2.84. The highest BCUT2D eigenvalue weighted by Gasteiger charge is 2.14. The summed E-state index contributed by atoms with van der Waals surface area (Å²) in [7, 11) is 2.97. The van der Waals surface area contributed by atoms with E-state index < -0.39 is 17.8 Å². The summed E-state index contributed by atoms with van der Waals surface area (Å²) in [5.74, 6) is -1.21. The first-order valence-corrected chi connectivity index (χ1v) is 10.1. The minimum atomic E-state index is -0.922. The Labute approximate surface area is 196 Å². The molecule has 0 aromatic heterocycles. The average molecular weight is 461 g/mol. The highest BCUT2D eigenvalue weighted by molar-refractivity contribution is 6.39. The molecule has 0 saturated heterocycles. The van der Waals surface area contributed by atoms with E-state index in [0.717, 1.165) is 5.56 Å². The maximum Gasteiger partial charge on any atom is 0.343 e. The second-order valence-corrected chi connectivity index (χ2v) is 7.05. The number of benzene rings is 3. The minimum Gasteiger partial charge on any atom is -0.497 e. The first-order chi connectivity index (χ1) is 16.4. The van der Waals surface area contributed by atoms with Crippen molar-refractivity contribution >= 4 is 29.7 Å². The lowest BCUT2D eigenvalue weighted by Crippen LogP contribution is -2.32. The zero-order chi connectivity index (χ0) is 24.5. The lowest BCUT2D eigenvalue weighted by atomic mass is 10.2. The van der Waals surface area contributed by atoms with Crippen molar-refractivity contribution in [2.24, 2.45) is 5.10 Å². The van der Waals surface area contributed by atoms with E-state index in [0.29, 0.717) is 22.6 Å². The summed E-state index contributed by atoms with van der Waals surface area (Å²) >= 11 is 0. The highest BCUT2D eigenvalue weighted by atomic mass is 16.6. The molecule has 2 amide bonds. The van der Waals surface area contributed by atoms with Crippen molar-refractivity contribution in [2.75, 3.05) is 19.5 Å². The van der Waals surface area contributed by atoms with Crippen molar-refractivity contribution in [2.45, 2.75) is 6.92 Å². The molecule has 34 heavy (non-hydrogen) atoms. The molecular weight excluding hydrogens is 438 g/mol. The predicted octanol–water partition coefficient (Wildman–Crippen LogP) is 3.32. The number of carbonyl (C=O) groups is 3. The van der Waals surface area contributed by atoms with Crippen molar-refractivity contribution in [3.8, 4) is 17.2 Å². The number of ether oxygens (including phenoxy) is 3. The van der Waals surface area contributed by atoms with Crippen molar-refractivity contribution in [3.05, 3.63) is 83.4 Å². The molecule has 0 fully saturated rings. The number of hydrogen-bond donors (Lipinski definition) is 2. The number of aryl methyl sites for hydroxylation is 1. The second-order valence-electron chi connectivity index (χ2n) is 7.05. The summed E-state index contributed by atoms with van der Waals surface area (Å²) in [6.45, 7) is 1.87. The van der Waals surface area contributed by atoms with E-state index in [9.17, 15) is 14.4 Å². The van der Waals surface area contributed by atoms with Crippen molar-refractivity contribution in [1.29, 1.82) is 0 Å². The molecule has 9 nitrogen and oxygen atoms in total. The van der Waals surface area contributed by atoms with Gasteiger partial charge in [0.25, 0.3) is 0 Å². The van der Waals surface area contributed by atoms with Crippen LogP contribution >= 0.6 is 0 Å². The van der Waals surface area contributed by atoms with Crippen LogP contribution in [-0.4, -0.2) is 38.2 Å². The topological polar surface area (TPSA) is 115 Å². The molecule has 9 heteroatoms. The highest BCUT2D eigenvalue weighted by Crippen LogP contribution is 2.28. The van der Waals surface area contributed by atoms with Gasteiger partial charge >= 0.3 is 17.8 Å². The summed E-state index contributed by atoms with van der Waals surface area (Å²) in [5.41, 5.74) is 4.51. The van der Waals surface area contributed by atoms with Crippen LogP contribution in [0, 0.1) is 6.92 Å². The lowest BCUT2D eigenvalue weighted by molar-refractivity contribution is -0.136. The van der Waals surface area contributed by atoms with Crippen LogP contribution in [0.4, 0.5) is 5.69 Å². The van der Waals surface area contributed by atoms with Gasteiger partial charge in [-0.15, -0.1) is 0 Å². The van der Waals surface area contributed by atoms with Crippen LogP contribution in [-0.2, 0) is 9.59 Å². The molecule has 3 aromatic rings. The van der Waals surface area contributed by atoms with Crippen LogP contribution in [0.15, 0.2) is 71.8 Å². The number of esters is 1. The number of carbonyl (C=O) groups excluding carboxylic acids is 3. The Balaban J connectivity index is 1.60. The smallest absolute Gasteiger partial charge is 0.343 e. The Hall–Kier alpha value is -4.66. The molecule has 2 N–H and O–H groups in total. The Morgan fingerprint density at radius 2 is 1.62 bits per heavy atom. The maximum atomic E-state index is 12.4. The molecule has 0 bridgehead atoms. The summed E-state index contributed by atoms with van der Waals surface area (Å²) in [6, 6.07) is 18.3. The molecule has 0 radical (unpaired) electrons. The molecule has 3 rings (SSSR count). The molecule has 0 unspecified atom stereocenters. The van der Waals surface area contributed by atoms with Gasteiger partial charge in [-0.05, 0) is 72.6 Å². The third kappa shape index (κ3) is 6.42. The molecule has 0 aliphatic heterocycles. The molecule has 174 valence electrons. The standard InChI is InChI=1S/C25H23N3O6/c1-16-5-4-6-19(13-16)27-23(29)24(30)28-26-15-17-7-12-21(22(14-17)33-3)34-25(31)18-8-10-20(32-2)11-9-18/h4-15H,1-3H3,(H,27,29)(H,28,30)/b26-15+. The molecule has 0 saturated carbocycles. The Kier molecular flexibility index (Phi) is 7.96. The van der Waals surface area contributed by atoms with Crippen LogP contribution in [0.1, 0.15) is 21.5 Å². The fraction of sp³-hybridized carbons (Fsp3) is 0.120. The molecule has 3 aromatic carbocycles. The molecule has 0 heterocycles. The van der Waals surface area contributed by atoms with Crippen molar-refractivity contribution in [3.63, 3.8) is 0 Å². The predicted molar refractivity (Wildman–Crippen MR) is 126 cm³/mol. The van der Waals surface area contributed by atoms with Gasteiger partial charge in [0.05, 0.1) is 26.0 Å². The van der Waals surface area contributed by atoms with E-state index in [2.05, 4.69) is 15.8 Å². The molecular formula is C25H23N3O6. The van der Waals surface area contributed by atoms with Crippen LogP contribution in [0.3, 0.4) is 0 Å². The first-order valence-electron chi connectivity index (χ1n) is 10.1. The SMILES string of the molecule is COc1ccc(C(=O)Oc2ccc(/C=N/NC(=O)C(=O)Nc3cccc(C)c3)cc2OC)cc1. The normalized spacial score (nSPS) is 10.4. The Morgan fingerprint density at radius 3 is 2.29 bits per heavy atom. The minimum absolute atomic E-state index is 0.210. The lowest BCUT2D eigenvalue weighted by Gasteiger charge is -2.10. The van der Waals surface area contributed by atoms with E-state index in [4.69, 9.17) is 14.2 Å². The van der Waals surface area contributed by atoms with Gasteiger partial charge in [0.2, 0.25) is 0 Å². The van der Waals surface area contributed by atoms with Crippen LogP contribution < -0.4 is 25.0 Å². The number of amides is 2. The largest absolute Gasteiger partial charge is 0.497 e. The number of nitrogens with one attached hydrogen (secondary N) is 2. The third-order valence-corrected chi connectivity index (χ3v) is 4.58. The summed E-state index contributed by atoms with van der Waals surface area (Å²) in [5, 5.41) is 6.29. The monoisotopic (exact) mass is 461 g/mol. The maximum absolute atomic E-state index is 12.4. The number of anilines is 1. The molecule has 0 aliphatic carbocycles. The first kappa shape index (κ1) is 24.0. The molecule has 0 aliphatic rings. The van der Waals surface area contributed by atoms with E-state index in [1.54, 1.807) is 54.6 Å². The number of hydrogen-bond acceptors (Lipinski definition) is 7. The van der Waals surface area contributed by atoms with E-state index in [1.807, 2.05) is 13.0 Å². The van der Waals surface area contributed by atoms with Gasteiger partial charge in [0.1, 0.15) is 5.75 Å². The van der Waals surface area contributed by atoms with Gasteiger partial charge < -0.3 is 19.5 Å². The summed E-state index contributed by atoms with van der Waals surface area (Å²) < 4.78 is 15.8. The Bertz CT molecular complexity index is 1220. The van der Waals surface area contributed by atoms with Crippen LogP contribution in [0.25, 0.3) is 0 Å². The summed E-state index contributed by atoms with van der Waals surface area (Å²) in [4.78, 5) is 36.4. The van der Waals surface area contributed by atoms with Gasteiger partial charge in [-0.25, -0.2) is 10.2 Å². The molecule has 0 atom stereocenters. The van der Waals surface area contributed by atoms with E-state index in [1.165, 1.54) is 26.5 Å². The fourth-order valence-electron chi connectivity index (χ4n) is 2.86. The second kappa shape index (κ2) is 11.3. The molecule has 0 spiro atoms. The number of hydrazone groups is 1. The van der Waals surface area contributed by atoms with Crippen molar-refractivity contribution < 1.29 is 28.6 Å². The van der Waals surface area contributed by atoms with Gasteiger partial charge in [0.15, 0.2) is 11.5 Å². The number of methoxy groups -OCH3 is 2. The van der Waals surface area contributed by atoms with Gasteiger partial charge in [-0.2, -0.15) is 5.10 Å². The zero-order valence-electron chi connectivity index (χ0n) is 18.8. The Morgan fingerprint density at radius 1 is 0.853 bits per heavy atom.